The van der Waals surface area contributed by atoms with Gasteiger partial charge in [-0.2, -0.15) is 10.5 Å². The topological polar surface area (TPSA) is 153 Å². The molecule has 0 heterocycles. The molecule has 0 radical (unpaired) electrons. The van der Waals surface area contributed by atoms with Crippen LogP contribution in [0, 0.1) is 22.7 Å². The van der Waals surface area contributed by atoms with Crippen LogP contribution in [0.2, 0.25) is 0 Å². The van der Waals surface area contributed by atoms with Gasteiger partial charge < -0.3 is 30.6 Å². The minimum atomic E-state index is -0.416. The van der Waals surface area contributed by atoms with E-state index in [9.17, 15) is 9.59 Å². The lowest BCUT2D eigenvalue weighted by Crippen LogP contribution is -2.34. The van der Waals surface area contributed by atoms with Crippen molar-refractivity contribution in [1.29, 1.82) is 10.5 Å². The SMILES string of the molecule is CCN(CCO)C(=O)/C(C#N)=C/C=C/NCCCN/C=C/C=C(\C#N)C(=O)N(CC)CCO. The first-order chi connectivity index (χ1) is 16.0. The second kappa shape index (κ2) is 19.1. The van der Waals surface area contributed by atoms with Crippen LogP contribution in [0.4, 0.5) is 0 Å². The standard InChI is InChI=1S/C23H34N6O4/c1-3-28(14-16-30)22(32)20(18-24)8-5-10-26-12-7-13-27-11-6-9-21(19-25)23(33)29(4-2)15-17-31/h5-6,8-11,26-27,30-31H,3-4,7,12-17H2,1-2H3/b10-5+,11-6+,20-8+,21-9+. The van der Waals surface area contributed by atoms with E-state index < -0.39 is 11.8 Å². The third-order valence-electron chi connectivity index (χ3n) is 4.38. The number of hydrogen-bond donors (Lipinski definition) is 4. The first kappa shape index (κ1) is 29.4. The Morgan fingerprint density at radius 2 is 1.21 bits per heavy atom. The van der Waals surface area contributed by atoms with Crippen molar-refractivity contribution in [3.05, 3.63) is 47.9 Å². The summed E-state index contributed by atoms with van der Waals surface area (Å²) < 4.78 is 0. The highest BCUT2D eigenvalue weighted by Gasteiger charge is 2.16. The molecular weight excluding hydrogens is 424 g/mol. The lowest BCUT2D eigenvalue weighted by molar-refractivity contribution is -0.127. The van der Waals surface area contributed by atoms with Gasteiger partial charge in [0, 0.05) is 39.3 Å². The number of allylic oxidation sites excluding steroid dienone is 4. The molecule has 0 aromatic carbocycles. The van der Waals surface area contributed by atoms with Crippen LogP contribution in [0.3, 0.4) is 0 Å². The molecule has 0 saturated heterocycles. The lowest BCUT2D eigenvalue weighted by atomic mass is 10.2. The normalized spacial score (nSPS) is 11.8. The van der Waals surface area contributed by atoms with E-state index in [0.29, 0.717) is 26.2 Å². The Kier molecular flexibility index (Phi) is 17.0. The third-order valence-corrected chi connectivity index (χ3v) is 4.38. The first-order valence-electron chi connectivity index (χ1n) is 10.8. The summed E-state index contributed by atoms with van der Waals surface area (Å²) in [4.78, 5) is 27.1. The molecule has 2 amide bonds. The van der Waals surface area contributed by atoms with Crippen molar-refractivity contribution in [1.82, 2.24) is 20.4 Å². The summed E-state index contributed by atoms with van der Waals surface area (Å²) in [5.74, 6) is -0.832. The Morgan fingerprint density at radius 3 is 1.52 bits per heavy atom. The molecule has 10 nitrogen and oxygen atoms in total. The van der Waals surface area contributed by atoms with Crippen molar-refractivity contribution in [3.8, 4) is 12.1 Å². The Balaban J connectivity index is 4.37. The van der Waals surface area contributed by atoms with Gasteiger partial charge >= 0.3 is 0 Å². The number of aliphatic hydroxyl groups is 2. The maximum Gasteiger partial charge on any atom is 0.264 e. The molecule has 0 rings (SSSR count). The fraction of sp³-hybridized carbons (Fsp3) is 0.478. The van der Waals surface area contributed by atoms with Gasteiger partial charge in [-0.05, 0) is 57.0 Å². The highest BCUT2D eigenvalue weighted by atomic mass is 16.3. The van der Waals surface area contributed by atoms with Crippen molar-refractivity contribution in [2.45, 2.75) is 20.3 Å². The smallest absolute Gasteiger partial charge is 0.264 e. The highest BCUT2D eigenvalue weighted by molar-refractivity contribution is 5.98. The Bertz CT molecular complexity index is 739. The summed E-state index contributed by atoms with van der Waals surface area (Å²) in [5, 5.41) is 42.3. The molecule has 0 atom stereocenters. The summed E-state index contributed by atoms with van der Waals surface area (Å²) in [6.45, 7) is 5.73. The second-order valence-electron chi connectivity index (χ2n) is 6.58. The number of rotatable bonds is 16. The molecule has 0 aliphatic carbocycles. The first-order valence-corrected chi connectivity index (χ1v) is 10.8. The van der Waals surface area contributed by atoms with Crippen molar-refractivity contribution in [2.75, 3.05) is 52.5 Å². The number of nitrogens with zero attached hydrogens (tertiary/aromatic N) is 4. The van der Waals surface area contributed by atoms with Gasteiger partial charge in [-0.25, -0.2) is 0 Å². The minimum absolute atomic E-state index is 0.00292. The van der Waals surface area contributed by atoms with Crippen molar-refractivity contribution in [3.63, 3.8) is 0 Å². The monoisotopic (exact) mass is 458 g/mol. The Morgan fingerprint density at radius 1 is 0.818 bits per heavy atom. The molecule has 0 bridgehead atoms. The van der Waals surface area contributed by atoms with E-state index >= 15 is 0 Å². The fourth-order valence-corrected chi connectivity index (χ4v) is 2.59. The van der Waals surface area contributed by atoms with Crippen molar-refractivity contribution in [2.24, 2.45) is 0 Å². The summed E-state index contributed by atoms with van der Waals surface area (Å²) in [6, 6.07) is 3.74. The zero-order valence-electron chi connectivity index (χ0n) is 19.3. The molecule has 0 aromatic rings. The van der Waals surface area contributed by atoms with E-state index in [1.54, 1.807) is 38.4 Å². The highest BCUT2D eigenvalue weighted by Crippen LogP contribution is 2.02. The zero-order chi connectivity index (χ0) is 24.9. The van der Waals surface area contributed by atoms with E-state index in [4.69, 9.17) is 20.7 Å². The lowest BCUT2D eigenvalue weighted by Gasteiger charge is -2.18. The number of nitrogens with one attached hydrogen (secondary N) is 2. The van der Waals surface area contributed by atoms with Crippen LogP contribution in [-0.2, 0) is 9.59 Å². The van der Waals surface area contributed by atoms with Gasteiger partial charge in [0.25, 0.3) is 11.8 Å². The summed E-state index contributed by atoms with van der Waals surface area (Å²) in [6.07, 6.45) is 10.1. The molecule has 10 heteroatoms. The molecular formula is C23H34N6O4. The molecule has 0 aliphatic rings. The predicted octanol–water partition coefficient (Wildman–Crippen LogP) is 0.165. The second-order valence-corrected chi connectivity index (χ2v) is 6.58. The van der Waals surface area contributed by atoms with Gasteiger partial charge in [0.2, 0.25) is 0 Å². The zero-order valence-corrected chi connectivity index (χ0v) is 19.3. The van der Waals surface area contributed by atoms with Crippen LogP contribution in [0.1, 0.15) is 20.3 Å². The molecule has 0 aromatic heterocycles. The maximum absolute atomic E-state index is 12.2. The summed E-state index contributed by atoms with van der Waals surface area (Å²) in [5.41, 5.74) is -0.00584. The van der Waals surface area contributed by atoms with Crippen LogP contribution in [0.25, 0.3) is 0 Å². The van der Waals surface area contributed by atoms with Crippen LogP contribution in [-0.4, -0.2) is 84.3 Å². The van der Waals surface area contributed by atoms with E-state index in [-0.39, 0.29) is 37.4 Å². The number of carbonyl (C=O) groups is 2. The molecule has 4 N–H and O–H groups in total. The average molecular weight is 459 g/mol. The molecule has 0 unspecified atom stereocenters. The number of amides is 2. The third kappa shape index (κ3) is 12.1. The van der Waals surface area contributed by atoms with E-state index in [1.165, 1.54) is 22.0 Å². The van der Waals surface area contributed by atoms with Gasteiger partial charge in [0.05, 0.1) is 13.2 Å². The number of aliphatic hydroxyl groups excluding tert-OH is 2. The number of carbonyl (C=O) groups excluding carboxylic acids is 2. The summed E-state index contributed by atoms with van der Waals surface area (Å²) in [7, 11) is 0. The van der Waals surface area contributed by atoms with Gasteiger partial charge in [-0.3, -0.25) is 9.59 Å². The molecule has 33 heavy (non-hydrogen) atoms. The van der Waals surface area contributed by atoms with Crippen LogP contribution in [0.15, 0.2) is 47.9 Å². The summed E-state index contributed by atoms with van der Waals surface area (Å²) >= 11 is 0. The molecule has 180 valence electrons. The number of hydrogen-bond acceptors (Lipinski definition) is 8. The maximum atomic E-state index is 12.2. The van der Waals surface area contributed by atoms with Crippen LogP contribution in [0.5, 0.6) is 0 Å². The van der Waals surface area contributed by atoms with Gasteiger partial charge in [0.1, 0.15) is 23.3 Å². The fourth-order valence-electron chi connectivity index (χ4n) is 2.59. The van der Waals surface area contributed by atoms with E-state index in [1.807, 2.05) is 12.1 Å². The Hall–Kier alpha value is -3.60. The minimum Gasteiger partial charge on any atom is -0.395 e. The average Bonchev–Trinajstić information content (AvgIpc) is 2.83. The van der Waals surface area contributed by atoms with Gasteiger partial charge in [-0.1, -0.05) is 0 Å². The van der Waals surface area contributed by atoms with Gasteiger partial charge in [0.15, 0.2) is 0 Å². The molecule has 0 fully saturated rings. The van der Waals surface area contributed by atoms with E-state index in [0.717, 1.165) is 6.42 Å². The quantitative estimate of drug-likeness (QED) is 0.110. The van der Waals surface area contributed by atoms with E-state index in [2.05, 4.69) is 10.6 Å². The number of likely N-dealkylation sites (N-methyl/N-ethyl adjacent to an activating group) is 2. The van der Waals surface area contributed by atoms with Gasteiger partial charge in [-0.15, -0.1) is 0 Å². The Labute approximate surface area is 195 Å². The van der Waals surface area contributed by atoms with Crippen LogP contribution >= 0.6 is 0 Å². The molecule has 0 saturated carbocycles. The van der Waals surface area contributed by atoms with Crippen molar-refractivity contribution >= 4 is 11.8 Å². The number of nitriles is 2. The van der Waals surface area contributed by atoms with Crippen molar-refractivity contribution < 1.29 is 19.8 Å². The molecule has 0 spiro atoms. The van der Waals surface area contributed by atoms with Crippen LogP contribution < -0.4 is 10.6 Å². The molecule has 0 aliphatic heterocycles. The predicted molar refractivity (Wildman–Crippen MR) is 125 cm³/mol. The largest absolute Gasteiger partial charge is 0.395 e.